The lowest BCUT2D eigenvalue weighted by Crippen LogP contribution is -2.15. The van der Waals surface area contributed by atoms with E-state index >= 15 is 0 Å². The minimum atomic E-state index is -0.226. The van der Waals surface area contributed by atoms with Crippen LogP contribution in [0.2, 0.25) is 0 Å². The maximum absolute atomic E-state index is 11.9. The highest BCUT2D eigenvalue weighted by Crippen LogP contribution is 2.21. The van der Waals surface area contributed by atoms with Crippen molar-refractivity contribution in [3.05, 3.63) is 24.0 Å². The Labute approximate surface area is 125 Å². The number of carbonyl (C=O) groups is 1. The number of carbonyl (C=O) groups excluding carboxylic acids is 1. The number of nitrogen functional groups attached to an aromatic ring is 1. The summed E-state index contributed by atoms with van der Waals surface area (Å²) in [6, 6.07) is 5.59. The van der Waals surface area contributed by atoms with Crippen LogP contribution in [0.4, 0.5) is 5.69 Å². The SMILES string of the molecule is CCCCCCOC(=O)Cn1c(C)nc2c(N)cccc21. The first-order chi connectivity index (χ1) is 10.1. The number of anilines is 1. The number of aryl methyl sites for hydroxylation is 1. The molecule has 0 radical (unpaired) electrons. The average Bonchev–Trinajstić information content (AvgIpc) is 2.77. The molecule has 0 amide bonds. The van der Waals surface area contributed by atoms with Gasteiger partial charge >= 0.3 is 5.97 Å². The molecule has 0 aliphatic rings. The molecule has 0 saturated heterocycles. The molecule has 0 atom stereocenters. The maximum atomic E-state index is 11.9. The molecule has 1 aromatic heterocycles. The molecule has 114 valence electrons. The number of nitrogens with zero attached hydrogens (tertiary/aromatic N) is 2. The van der Waals surface area contributed by atoms with Gasteiger partial charge in [0.15, 0.2) is 0 Å². The lowest BCUT2D eigenvalue weighted by molar-refractivity contribution is -0.144. The summed E-state index contributed by atoms with van der Waals surface area (Å²) in [5, 5.41) is 0. The molecule has 2 N–H and O–H groups in total. The van der Waals surface area contributed by atoms with Gasteiger partial charge in [-0.05, 0) is 25.5 Å². The lowest BCUT2D eigenvalue weighted by Gasteiger charge is -2.08. The number of hydrogen-bond donors (Lipinski definition) is 1. The number of aromatic nitrogens is 2. The fraction of sp³-hybridized carbons (Fsp3) is 0.500. The molecule has 1 aromatic carbocycles. The van der Waals surface area contributed by atoms with Gasteiger partial charge < -0.3 is 15.0 Å². The second-order valence-electron chi connectivity index (χ2n) is 5.24. The summed E-state index contributed by atoms with van der Waals surface area (Å²) in [7, 11) is 0. The summed E-state index contributed by atoms with van der Waals surface area (Å²) in [4.78, 5) is 16.3. The molecule has 1 heterocycles. The van der Waals surface area contributed by atoms with E-state index in [-0.39, 0.29) is 12.5 Å². The third-order valence-electron chi connectivity index (χ3n) is 3.55. The van der Waals surface area contributed by atoms with Crippen molar-refractivity contribution in [2.24, 2.45) is 0 Å². The van der Waals surface area contributed by atoms with E-state index in [9.17, 15) is 4.79 Å². The third-order valence-corrected chi connectivity index (χ3v) is 3.55. The first-order valence-corrected chi connectivity index (χ1v) is 7.50. The molecule has 0 aliphatic heterocycles. The molecule has 2 aromatic rings. The number of para-hydroxylation sites is 1. The van der Waals surface area contributed by atoms with Crippen molar-refractivity contribution in [2.45, 2.75) is 46.1 Å². The third kappa shape index (κ3) is 3.74. The Kier molecular flexibility index (Phi) is 5.20. The fourth-order valence-corrected chi connectivity index (χ4v) is 2.37. The van der Waals surface area contributed by atoms with E-state index in [0.717, 1.165) is 29.7 Å². The highest BCUT2D eigenvalue weighted by atomic mass is 16.5. The summed E-state index contributed by atoms with van der Waals surface area (Å²) in [5.41, 5.74) is 8.14. The van der Waals surface area contributed by atoms with Crippen molar-refractivity contribution in [3.63, 3.8) is 0 Å². The Morgan fingerprint density at radius 2 is 2.14 bits per heavy atom. The molecular formula is C16H23N3O2. The zero-order valence-corrected chi connectivity index (χ0v) is 12.8. The number of imidazole rings is 1. The van der Waals surface area contributed by atoms with Crippen molar-refractivity contribution in [3.8, 4) is 0 Å². The summed E-state index contributed by atoms with van der Waals surface area (Å²) >= 11 is 0. The minimum absolute atomic E-state index is 0.180. The van der Waals surface area contributed by atoms with Gasteiger partial charge in [0, 0.05) is 0 Å². The van der Waals surface area contributed by atoms with Crippen molar-refractivity contribution < 1.29 is 9.53 Å². The van der Waals surface area contributed by atoms with Gasteiger partial charge in [-0.2, -0.15) is 0 Å². The molecule has 0 fully saturated rings. The van der Waals surface area contributed by atoms with Gasteiger partial charge in [-0.15, -0.1) is 0 Å². The molecule has 0 saturated carbocycles. The van der Waals surface area contributed by atoms with Gasteiger partial charge in [0.05, 0.1) is 17.8 Å². The highest BCUT2D eigenvalue weighted by molar-refractivity contribution is 5.88. The van der Waals surface area contributed by atoms with Crippen LogP contribution < -0.4 is 5.73 Å². The monoisotopic (exact) mass is 289 g/mol. The standard InChI is InChI=1S/C16H23N3O2/c1-3-4-5-6-10-21-15(20)11-19-12(2)18-16-13(17)8-7-9-14(16)19/h7-9H,3-6,10-11,17H2,1-2H3. The van der Waals surface area contributed by atoms with Crippen LogP contribution in [-0.4, -0.2) is 22.1 Å². The second-order valence-corrected chi connectivity index (χ2v) is 5.24. The van der Waals surface area contributed by atoms with E-state index < -0.39 is 0 Å². The number of benzene rings is 1. The number of unbranched alkanes of at least 4 members (excludes halogenated alkanes) is 3. The van der Waals surface area contributed by atoms with E-state index in [2.05, 4.69) is 11.9 Å². The highest BCUT2D eigenvalue weighted by Gasteiger charge is 2.13. The van der Waals surface area contributed by atoms with E-state index in [1.165, 1.54) is 12.8 Å². The molecule has 5 heteroatoms. The van der Waals surface area contributed by atoms with Gasteiger partial charge in [0.2, 0.25) is 0 Å². The largest absolute Gasteiger partial charge is 0.464 e. The van der Waals surface area contributed by atoms with Crippen molar-refractivity contribution in [1.29, 1.82) is 0 Å². The first-order valence-electron chi connectivity index (χ1n) is 7.50. The number of nitrogens with two attached hydrogens (primary N) is 1. The summed E-state index contributed by atoms with van der Waals surface area (Å²) in [6.07, 6.45) is 4.39. The predicted octanol–water partition coefficient (Wildman–Crippen LogP) is 3.05. The molecule has 21 heavy (non-hydrogen) atoms. The van der Waals surface area contributed by atoms with Crippen LogP contribution in [0.15, 0.2) is 18.2 Å². The van der Waals surface area contributed by atoms with E-state index in [1.54, 1.807) is 0 Å². The summed E-state index contributed by atoms with van der Waals surface area (Å²) in [6.45, 7) is 4.70. The van der Waals surface area contributed by atoms with Gasteiger partial charge in [-0.1, -0.05) is 32.3 Å². The van der Waals surface area contributed by atoms with E-state index in [4.69, 9.17) is 10.5 Å². The maximum Gasteiger partial charge on any atom is 0.326 e. The molecule has 0 aliphatic carbocycles. The Morgan fingerprint density at radius 3 is 2.90 bits per heavy atom. The predicted molar refractivity (Wildman–Crippen MR) is 84.0 cm³/mol. The molecule has 5 nitrogen and oxygen atoms in total. The van der Waals surface area contributed by atoms with Gasteiger partial charge in [-0.3, -0.25) is 4.79 Å². The van der Waals surface area contributed by atoms with Gasteiger partial charge in [-0.25, -0.2) is 4.98 Å². The molecule has 0 spiro atoms. The van der Waals surface area contributed by atoms with Crippen LogP contribution in [0.3, 0.4) is 0 Å². The fourth-order valence-electron chi connectivity index (χ4n) is 2.37. The van der Waals surface area contributed by atoms with Crippen LogP contribution in [0.25, 0.3) is 11.0 Å². The second kappa shape index (κ2) is 7.11. The van der Waals surface area contributed by atoms with Crippen LogP contribution in [-0.2, 0) is 16.1 Å². The number of esters is 1. The smallest absolute Gasteiger partial charge is 0.326 e. The molecular weight excluding hydrogens is 266 g/mol. The zero-order chi connectivity index (χ0) is 15.2. The van der Waals surface area contributed by atoms with Crippen molar-refractivity contribution >= 4 is 22.7 Å². The average molecular weight is 289 g/mol. The normalized spacial score (nSPS) is 11.0. The zero-order valence-electron chi connectivity index (χ0n) is 12.8. The topological polar surface area (TPSA) is 70.1 Å². The van der Waals surface area contributed by atoms with E-state index in [1.807, 2.05) is 29.7 Å². The number of rotatable bonds is 7. The van der Waals surface area contributed by atoms with Crippen LogP contribution >= 0.6 is 0 Å². The van der Waals surface area contributed by atoms with Crippen molar-refractivity contribution in [2.75, 3.05) is 12.3 Å². The number of hydrogen-bond acceptors (Lipinski definition) is 4. The lowest BCUT2D eigenvalue weighted by atomic mass is 10.2. The Morgan fingerprint density at radius 1 is 1.33 bits per heavy atom. The summed E-state index contributed by atoms with van der Waals surface area (Å²) in [5.74, 6) is 0.544. The number of ether oxygens (including phenoxy) is 1. The first kappa shape index (κ1) is 15.4. The number of fused-ring (bicyclic) bond motifs is 1. The molecule has 0 bridgehead atoms. The Hall–Kier alpha value is -2.04. The van der Waals surface area contributed by atoms with Crippen LogP contribution in [0.1, 0.15) is 38.4 Å². The minimum Gasteiger partial charge on any atom is -0.464 e. The van der Waals surface area contributed by atoms with E-state index in [0.29, 0.717) is 12.3 Å². The molecule has 2 rings (SSSR count). The van der Waals surface area contributed by atoms with Crippen LogP contribution in [0.5, 0.6) is 0 Å². The Balaban J connectivity index is 1.98. The Bertz CT molecular complexity index is 619. The molecule has 0 unspecified atom stereocenters. The van der Waals surface area contributed by atoms with Gasteiger partial charge in [0.25, 0.3) is 0 Å². The quantitative estimate of drug-likeness (QED) is 0.483. The van der Waals surface area contributed by atoms with Gasteiger partial charge in [0.1, 0.15) is 17.9 Å². The van der Waals surface area contributed by atoms with Crippen LogP contribution in [0, 0.1) is 6.92 Å². The summed E-state index contributed by atoms with van der Waals surface area (Å²) < 4.78 is 7.12. The van der Waals surface area contributed by atoms with Crippen molar-refractivity contribution in [1.82, 2.24) is 9.55 Å².